The predicted octanol–water partition coefficient (Wildman–Crippen LogP) is 12.8. The van der Waals surface area contributed by atoms with E-state index >= 15 is 0 Å². The number of benzene rings is 8. The lowest BCUT2D eigenvalue weighted by Crippen LogP contribution is -2.05. The van der Waals surface area contributed by atoms with Crippen LogP contribution in [0, 0.1) is 0 Å². The van der Waals surface area contributed by atoms with Crippen LogP contribution in [-0.4, -0.2) is 9.13 Å². The van der Waals surface area contributed by atoms with Crippen LogP contribution in [0.15, 0.2) is 180 Å². The van der Waals surface area contributed by atoms with E-state index in [-0.39, 0.29) is 0 Å². The van der Waals surface area contributed by atoms with Gasteiger partial charge < -0.3 is 0 Å². The molecule has 0 bridgehead atoms. The number of rotatable bonds is 3. The summed E-state index contributed by atoms with van der Waals surface area (Å²) in [6.07, 6.45) is 0. The van der Waals surface area contributed by atoms with Crippen molar-refractivity contribution >= 4 is 66.1 Å². The van der Waals surface area contributed by atoms with Gasteiger partial charge in [0.2, 0.25) is 0 Å². The normalized spacial score (nSPS) is 12.4. The highest BCUT2D eigenvalue weighted by Gasteiger charge is 2.29. The fourth-order valence-corrected chi connectivity index (χ4v) is 9.25. The van der Waals surface area contributed by atoms with Crippen molar-refractivity contribution in [2.24, 2.45) is 0 Å². The fourth-order valence-electron chi connectivity index (χ4n) is 8.16. The summed E-state index contributed by atoms with van der Waals surface area (Å²) in [6, 6.07) is 62.4. The number of para-hydroxylation sites is 2. The summed E-state index contributed by atoms with van der Waals surface area (Å²) >= 11 is 1.87. The van der Waals surface area contributed by atoms with Crippen LogP contribution in [-0.2, 0) is 0 Å². The van der Waals surface area contributed by atoms with Crippen molar-refractivity contribution < 1.29 is 0 Å². The molecule has 49 heavy (non-hydrogen) atoms. The summed E-state index contributed by atoms with van der Waals surface area (Å²) in [4.78, 5) is 2.57. The Balaban J connectivity index is 1.29. The van der Waals surface area contributed by atoms with Crippen molar-refractivity contribution in [1.82, 2.24) is 9.13 Å². The molecule has 228 valence electrons. The Labute approximate surface area is 287 Å². The lowest BCUT2D eigenvalue weighted by atomic mass is 9.94. The molecule has 0 saturated heterocycles. The maximum atomic E-state index is 2.53. The number of hydrogen-bond acceptors (Lipinski definition) is 1. The van der Waals surface area contributed by atoms with Gasteiger partial charge in [0.25, 0.3) is 0 Å². The monoisotopic (exact) mass is 640 g/mol. The number of aromatic nitrogens is 2. The molecule has 3 heteroatoms. The van der Waals surface area contributed by atoms with Gasteiger partial charge in [0, 0.05) is 31.6 Å². The minimum absolute atomic E-state index is 1.15. The molecule has 11 rings (SSSR count). The number of hydrogen-bond donors (Lipinski definition) is 0. The highest BCUT2D eigenvalue weighted by molar-refractivity contribution is 7.99. The van der Waals surface area contributed by atoms with Crippen LogP contribution in [0.3, 0.4) is 0 Å². The number of fused-ring (bicyclic) bond motifs is 9. The molecule has 8 aromatic carbocycles. The smallest absolute Gasteiger partial charge is 0.131 e. The van der Waals surface area contributed by atoms with Crippen LogP contribution in [0.5, 0.6) is 0 Å². The average Bonchev–Trinajstić information content (AvgIpc) is 3.69. The van der Waals surface area contributed by atoms with E-state index in [0.29, 0.717) is 0 Å². The first-order valence-electron chi connectivity index (χ1n) is 16.8. The highest BCUT2D eigenvalue weighted by Crippen LogP contribution is 2.51. The second-order valence-corrected chi connectivity index (χ2v) is 14.0. The Morgan fingerprint density at radius 3 is 2.06 bits per heavy atom. The molecule has 0 N–H and O–H groups in total. The van der Waals surface area contributed by atoms with Crippen molar-refractivity contribution in [3.05, 3.63) is 170 Å². The molecule has 1 aliphatic rings. The zero-order chi connectivity index (χ0) is 32.1. The summed E-state index contributed by atoms with van der Waals surface area (Å²) in [6.45, 7) is 0. The summed E-state index contributed by atoms with van der Waals surface area (Å²) in [5.74, 6) is 0. The fraction of sp³-hybridized carbons (Fsp3) is 0. The third-order valence-electron chi connectivity index (χ3n) is 10.3. The van der Waals surface area contributed by atoms with Gasteiger partial charge in [-0.3, -0.25) is 9.13 Å². The first kappa shape index (κ1) is 27.0. The van der Waals surface area contributed by atoms with Gasteiger partial charge in [0.05, 0.1) is 16.7 Å². The second kappa shape index (κ2) is 10.2. The van der Waals surface area contributed by atoms with Gasteiger partial charge in [-0.25, -0.2) is 0 Å². The predicted molar refractivity (Wildman–Crippen MR) is 208 cm³/mol. The molecule has 0 amide bonds. The van der Waals surface area contributed by atoms with Crippen molar-refractivity contribution in [2.75, 3.05) is 0 Å². The lowest BCUT2D eigenvalue weighted by molar-refractivity contribution is 1.03. The summed E-state index contributed by atoms with van der Waals surface area (Å²) < 4.78 is 5.04. The van der Waals surface area contributed by atoms with Crippen molar-refractivity contribution in [3.63, 3.8) is 0 Å². The third-order valence-corrected chi connectivity index (χ3v) is 11.4. The molecule has 0 saturated carbocycles. The standard InChI is InChI=1S/C46H28N2S/c1-2-13-31-27-33(26-25-29(31)11-1)32-15-7-16-34(28-32)47-40-22-9-19-37(36-18-8-14-30-12-3-4-17-35(30)36)43(40)44-38-20-10-24-42-45(38)48(46(44)47)39-21-5-6-23-41(39)49-42/h1-28H. The largest absolute Gasteiger partial charge is 0.295 e. The van der Waals surface area contributed by atoms with Gasteiger partial charge >= 0.3 is 0 Å². The third kappa shape index (κ3) is 3.85. The summed E-state index contributed by atoms with van der Waals surface area (Å²) in [5, 5.41) is 8.90. The first-order valence-corrected chi connectivity index (χ1v) is 17.6. The zero-order valence-electron chi connectivity index (χ0n) is 26.5. The maximum absolute atomic E-state index is 2.53. The lowest BCUT2D eigenvalue weighted by Gasteiger charge is -2.21. The quantitative estimate of drug-likeness (QED) is 0.187. The van der Waals surface area contributed by atoms with E-state index in [1.807, 2.05) is 11.8 Å². The second-order valence-electron chi connectivity index (χ2n) is 12.9. The van der Waals surface area contributed by atoms with Gasteiger partial charge in [-0.1, -0.05) is 139 Å². The van der Waals surface area contributed by atoms with E-state index in [9.17, 15) is 0 Å². The molecular weight excluding hydrogens is 613 g/mol. The molecule has 0 radical (unpaired) electrons. The van der Waals surface area contributed by atoms with E-state index in [1.165, 1.54) is 92.1 Å². The minimum Gasteiger partial charge on any atom is -0.295 e. The maximum Gasteiger partial charge on any atom is 0.131 e. The Bertz CT molecular complexity index is 2970. The van der Waals surface area contributed by atoms with E-state index in [0.717, 1.165) is 5.69 Å². The van der Waals surface area contributed by atoms with Crippen molar-refractivity contribution in [1.29, 1.82) is 0 Å². The van der Waals surface area contributed by atoms with Gasteiger partial charge in [-0.2, -0.15) is 0 Å². The van der Waals surface area contributed by atoms with Crippen molar-refractivity contribution in [3.8, 4) is 33.6 Å². The molecule has 0 spiro atoms. The van der Waals surface area contributed by atoms with Crippen LogP contribution >= 0.6 is 11.8 Å². The first-order chi connectivity index (χ1) is 24.3. The van der Waals surface area contributed by atoms with Crippen LogP contribution < -0.4 is 0 Å². The molecule has 0 atom stereocenters. The van der Waals surface area contributed by atoms with Gasteiger partial charge in [0.1, 0.15) is 5.65 Å². The Morgan fingerprint density at radius 2 is 1.10 bits per heavy atom. The SMILES string of the molecule is c1cc(-c2ccc3ccccc3c2)cc(-n2c3cccc(-c4cccc5ccccc45)c3c3c4cccc5c4n(c32)-c2ccccc2S5)c1. The van der Waals surface area contributed by atoms with Crippen LogP contribution in [0.2, 0.25) is 0 Å². The topological polar surface area (TPSA) is 9.86 Å². The highest BCUT2D eigenvalue weighted by atomic mass is 32.2. The van der Waals surface area contributed by atoms with Gasteiger partial charge in [-0.05, 0) is 86.3 Å². The van der Waals surface area contributed by atoms with E-state index in [2.05, 4.69) is 179 Å². The summed E-state index contributed by atoms with van der Waals surface area (Å²) in [5.41, 5.74) is 11.0. The van der Waals surface area contributed by atoms with Gasteiger partial charge in [0.15, 0.2) is 0 Å². The van der Waals surface area contributed by atoms with E-state index in [1.54, 1.807) is 0 Å². The molecule has 0 aliphatic carbocycles. The summed E-state index contributed by atoms with van der Waals surface area (Å²) in [7, 11) is 0. The molecule has 3 heterocycles. The molecule has 0 fully saturated rings. The Kier molecular flexibility index (Phi) is 5.63. The van der Waals surface area contributed by atoms with E-state index in [4.69, 9.17) is 0 Å². The molecule has 2 nitrogen and oxygen atoms in total. The molecule has 10 aromatic rings. The van der Waals surface area contributed by atoms with Crippen LogP contribution in [0.4, 0.5) is 0 Å². The van der Waals surface area contributed by atoms with Crippen LogP contribution in [0.1, 0.15) is 0 Å². The number of nitrogens with zero attached hydrogens (tertiary/aromatic N) is 2. The molecular formula is C46H28N2S. The molecule has 2 aromatic heterocycles. The van der Waals surface area contributed by atoms with Crippen molar-refractivity contribution in [2.45, 2.75) is 9.79 Å². The zero-order valence-corrected chi connectivity index (χ0v) is 27.3. The average molecular weight is 641 g/mol. The minimum atomic E-state index is 1.15. The Morgan fingerprint density at radius 1 is 0.408 bits per heavy atom. The molecule has 0 unspecified atom stereocenters. The van der Waals surface area contributed by atoms with Gasteiger partial charge in [-0.15, -0.1) is 0 Å². The molecule has 1 aliphatic heterocycles. The van der Waals surface area contributed by atoms with E-state index < -0.39 is 0 Å². The Hall–Kier alpha value is -6.03. The van der Waals surface area contributed by atoms with Crippen LogP contribution in [0.25, 0.3) is 88.0 Å².